The SMILES string of the molecule is CCN(Cc1ccc(Cl)s1)C(=O)NCc1sccc1C. The highest BCUT2D eigenvalue weighted by atomic mass is 35.5. The van der Waals surface area contributed by atoms with E-state index in [0.717, 1.165) is 9.21 Å². The molecule has 0 spiro atoms. The molecule has 0 bridgehead atoms. The Morgan fingerprint density at radius 3 is 2.75 bits per heavy atom. The molecular formula is C14H17ClN2OS2. The maximum Gasteiger partial charge on any atom is 0.318 e. The smallest absolute Gasteiger partial charge is 0.318 e. The molecule has 2 rings (SSSR count). The summed E-state index contributed by atoms with van der Waals surface area (Å²) in [4.78, 5) is 16.3. The Hall–Kier alpha value is -1.04. The summed E-state index contributed by atoms with van der Waals surface area (Å²) in [5, 5.41) is 5.02. The van der Waals surface area contributed by atoms with Gasteiger partial charge in [0.15, 0.2) is 0 Å². The number of aryl methyl sites for hydroxylation is 1. The zero-order valence-corrected chi connectivity index (χ0v) is 13.9. The number of rotatable bonds is 5. The van der Waals surface area contributed by atoms with Crippen molar-refractivity contribution in [3.63, 3.8) is 0 Å². The Bertz CT molecular complexity index is 579. The van der Waals surface area contributed by atoms with Crippen molar-refractivity contribution in [3.8, 4) is 0 Å². The van der Waals surface area contributed by atoms with Crippen molar-refractivity contribution >= 4 is 40.3 Å². The molecule has 0 aliphatic carbocycles. The van der Waals surface area contributed by atoms with Crippen molar-refractivity contribution in [1.29, 1.82) is 0 Å². The third-order valence-electron chi connectivity index (χ3n) is 3.01. The molecule has 0 saturated carbocycles. The molecule has 0 fully saturated rings. The Kier molecular flexibility index (Phi) is 5.46. The molecule has 3 nitrogen and oxygen atoms in total. The van der Waals surface area contributed by atoms with Gasteiger partial charge >= 0.3 is 6.03 Å². The first-order chi connectivity index (χ1) is 9.60. The molecule has 0 radical (unpaired) electrons. The van der Waals surface area contributed by atoms with Crippen molar-refractivity contribution in [2.75, 3.05) is 6.54 Å². The maximum atomic E-state index is 12.2. The summed E-state index contributed by atoms with van der Waals surface area (Å²) in [6, 6.07) is 5.86. The van der Waals surface area contributed by atoms with Crippen LogP contribution in [0.3, 0.4) is 0 Å². The predicted molar refractivity (Wildman–Crippen MR) is 86.7 cm³/mol. The first kappa shape index (κ1) is 15.4. The second kappa shape index (κ2) is 7.11. The van der Waals surface area contributed by atoms with Crippen LogP contribution in [0.5, 0.6) is 0 Å². The van der Waals surface area contributed by atoms with Crippen molar-refractivity contribution in [1.82, 2.24) is 10.2 Å². The van der Waals surface area contributed by atoms with Gasteiger partial charge in [0.25, 0.3) is 0 Å². The molecule has 2 heterocycles. The Labute approximate surface area is 132 Å². The van der Waals surface area contributed by atoms with Crippen LogP contribution in [0.25, 0.3) is 0 Å². The summed E-state index contributed by atoms with van der Waals surface area (Å²) >= 11 is 9.10. The van der Waals surface area contributed by atoms with E-state index in [-0.39, 0.29) is 6.03 Å². The topological polar surface area (TPSA) is 32.3 Å². The van der Waals surface area contributed by atoms with Gasteiger partial charge in [0.2, 0.25) is 0 Å². The molecule has 1 N–H and O–H groups in total. The van der Waals surface area contributed by atoms with Gasteiger partial charge in [0.05, 0.1) is 17.4 Å². The maximum absolute atomic E-state index is 12.2. The molecular weight excluding hydrogens is 312 g/mol. The lowest BCUT2D eigenvalue weighted by Crippen LogP contribution is -2.38. The highest BCUT2D eigenvalue weighted by Crippen LogP contribution is 2.22. The molecule has 2 aromatic heterocycles. The van der Waals surface area contributed by atoms with E-state index < -0.39 is 0 Å². The summed E-state index contributed by atoms with van der Waals surface area (Å²) in [5.74, 6) is 0. The Morgan fingerprint density at radius 1 is 1.40 bits per heavy atom. The van der Waals surface area contributed by atoms with Crippen LogP contribution >= 0.6 is 34.3 Å². The van der Waals surface area contributed by atoms with Crippen LogP contribution in [0.2, 0.25) is 4.34 Å². The highest BCUT2D eigenvalue weighted by molar-refractivity contribution is 7.16. The van der Waals surface area contributed by atoms with Crippen LogP contribution in [0, 0.1) is 6.92 Å². The van der Waals surface area contributed by atoms with Crippen LogP contribution in [0.4, 0.5) is 4.79 Å². The summed E-state index contributed by atoms with van der Waals surface area (Å²) < 4.78 is 0.755. The fraction of sp³-hybridized carbons (Fsp3) is 0.357. The fourth-order valence-corrected chi connectivity index (χ4v) is 3.75. The predicted octanol–water partition coefficient (Wildman–Crippen LogP) is 4.50. The van der Waals surface area contributed by atoms with E-state index in [9.17, 15) is 4.79 Å². The lowest BCUT2D eigenvalue weighted by atomic mass is 10.3. The van der Waals surface area contributed by atoms with E-state index in [0.29, 0.717) is 19.6 Å². The zero-order valence-electron chi connectivity index (χ0n) is 11.5. The minimum atomic E-state index is -0.0372. The fourth-order valence-electron chi connectivity index (χ4n) is 1.80. The number of urea groups is 1. The molecule has 0 unspecified atom stereocenters. The number of nitrogens with zero attached hydrogens (tertiary/aromatic N) is 1. The van der Waals surface area contributed by atoms with E-state index in [1.165, 1.54) is 21.8 Å². The normalized spacial score (nSPS) is 10.6. The molecule has 108 valence electrons. The van der Waals surface area contributed by atoms with Crippen molar-refractivity contribution < 1.29 is 4.79 Å². The van der Waals surface area contributed by atoms with Crippen LogP contribution in [0.15, 0.2) is 23.6 Å². The van der Waals surface area contributed by atoms with Gasteiger partial charge in [0, 0.05) is 16.3 Å². The van der Waals surface area contributed by atoms with Crippen molar-refractivity contribution in [2.24, 2.45) is 0 Å². The quantitative estimate of drug-likeness (QED) is 0.861. The molecule has 20 heavy (non-hydrogen) atoms. The number of hydrogen-bond donors (Lipinski definition) is 1. The van der Waals surface area contributed by atoms with Crippen LogP contribution < -0.4 is 5.32 Å². The number of nitrogens with one attached hydrogen (secondary N) is 1. The van der Waals surface area contributed by atoms with Gasteiger partial charge in [-0.2, -0.15) is 0 Å². The largest absolute Gasteiger partial charge is 0.333 e. The highest BCUT2D eigenvalue weighted by Gasteiger charge is 2.13. The summed E-state index contributed by atoms with van der Waals surface area (Å²) in [6.07, 6.45) is 0. The van der Waals surface area contributed by atoms with Gasteiger partial charge in [-0.1, -0.05) is 11.6 Å². The lowest BCUT2D eigenvalue weighted by Gasteiger charge is -2.20. The monoisotopic (exact) mass is 328 g/mol. The van der Waals surface area contributed by atoms with E-state index in [1.54, 1.807) is 16.2 Å². The third kappa shape index (κ3) is 3.98. The van der Waals surface area contributed by atoms with Crippen molar-refractivity contribution in [3.05, 3.63) is 43.2 Å². The van der Waals surface area contributed by atoms with Gasteiger partial charge in [-0.15, -0.1) is 22.7 Å². The number of carbonyl (C=O) groups excluding carboxylic acids is 1. The van der Waals surface area contributed by atoms with Crippen LogP contribution in [-0.4, -0.2) is 17.5 Å². The minimum Gasteiger partial charge on any atom is -0.333 e. The number of thiophene rings is 2. The van der Waals surface area contributed by atoms with Gasteiger partial charge < -0.3 is 10.2 Å². The number of amides is 2. The third-order valence-corrected chi connectivity index (χ3v) is 5.25. The molecule has 2 amide bonds. The standard InChI is InChI=1S/C14H17ClN2OS2/c1-3-17(9-11-4-5-13(15)20-11)14(18)16-8-12-10(2)6-7-19-12/h4-7H,3,8-9H2,1-2H3,(H,16,18). The summed E-state index contributed by atoms with van der Waals surface area (Å²) in [5.41, 5.74) is 1.23. The average Bonchev–Trinajstić information content (AvgIpc) is 3.02. The van der Waals surface area contributed by atoms with E-state index in [2.05, 4.69) is 18.3 Å². The van der Waals surface area contributed by atoms with Gasteiger partial charge in [0.1, 0.15) is 0 Å². The van der Waals surface area contributed by atoms with E-state index >= 15 is 0 Å². The van der Waals surface area contributed by atoms with E-state index in [1.807, 2.05) is 24.4 Å². The van der Waals surface area contributed by atoms with Crippen LogP contribution in [0.1, 0.15) is 22.2 Å². The molecule has 0 aliphatic heterocycles. The second-order valence-corrected chi connectivity index (χ2v) is 7.21. The molecule has 6 heteroatoms. The van der Waals surface area contributed by atoms with Crippen LogP contribution in [-0.2, 0) is 13.1 Å². The number of halogens is 1. The van der Waals surface area contributed by atoms with Gasteiger partial charge in [-0.25, -0.2) is 4.79 Å². The second-order valence-electron chi connectivity index (χ2n) is 4.41. The lowest BCUT2D eigenvalue weighted by molar-refractivity contribution is 0.198. The molecule has 2 aromatic rings. The van der Waals surface area contributed by atoms with Crippen molar-refractivity contribution in [2.45, 2.75) is 26.9 Å². The van der Waals surface area contributed by atoms with E-state index in [4.69, 9.17) is 11.6 Å². The zero-order chi connectivity index (χ0) is 14.5. The Balaban J connectivity index is 1.90. The minimum absolute atomic E-state index is 0.0372. The molecule has 0 aromatic carbocycles. The molecule has 0 aliphatic rings. The summed E-state index contributed by atoms with van der Waals surface area (Å²) in [7, 11) is 0. The van der Waals surface area contributed by atoms with Gasteiger partial charge in [-0.05, 0) is 43.0 Å². The molecule has 0 atom stereocenters. The molecule has 0 saturated heterocycles. The van der Waals surface area contributed by atoms with Gasteiger partial charge in [-0.3, -0.25) is 0 Å². The first-order valence-corrected chi connectivity index (χ1v) is 8.47. The Morgan fingerprint density at radius 2 is 2.20 bits per heavy atom. The number of carbonyl (C=O) groups is 1. The number of hydrogen-bond acceptors (Lipinski definition) is 3. The summed E-state index contributed by atoms with van der Waals surface area (Å²) in [6.45, 7) is 5.90. The first-order valence-electron chi connectivity index (χ1n) is 6.40. The average molecular weight is 329 g/mol.